The number of nitrogens with one attached hydrogen (secondary N) is 3. The summed E-state index contributed by atoms with van der Waals surface area (Å²) < 4.78 is 5.36. The molecule has 1 aliphatic rings. The Bertz CT molecular complexity index is 728. The number of urea groups is 1. The normalized spacial score (nSPS) is 16.2. The predicted octanol–water partition coefficient (Wildman–Crippen LogP) is 3.13. The van der Waals surface area contributed by atoms with Crippen LogP contribution in [-0.2, 0) is 16.1 Å². The van der Waals surface area contributed by atoms with Gasteiger partial charge in [0.2, 0.25) is 5.91 Å². The first-order valence-corrected chi connectivity index (χ1v) is 8.32. The first-order chi connectivity index (χ1) is 12.2. The van der Waals surface area contributed by atoms with Gasteiger partial charge in [0.15, 0.2) is 0 Å². The number of anilines is 2. The molecule has 1 heterocycles. The molecule has 0 aromatic heterocycles. The second kappa shape index (κ2) is 8.30. The molecule has 130 valence electrons. The van der Waals surface area contributed by atoms with Crippen LogP contribution in [0.25, 0.3) is 0 Å². The summed E-state index contributed by atoms with van der Waals surface area (Å²) in [6.07, 6.45) is 1.36. The van der Waals surface area contributed by atoms with Gasteiger partial charge in [0.1, 0.15) is 6.10 Å². The van der Waals surface area contributed by atoms with Crippen molar-refractivity contribution in [3.05, 3.63) is 60.2 Å². The standard InChI is InChI=1S/C19H21N3O3/c23-18(17-10-5-11-25-17)20-13-14-6-4-9-16(12-14)22-19(24)21-15-7-2-1-3-8-15/h1-4,6-9,12,17H,5,10-11,13H2,(H,20,23)(H2,21,22,24)/t17-/m0/s1. The molecule has 2 aromatic carbocycles. The van der Waals surface area contributed by atoms with E-state index in [1.807, 2.05) is 48.5 Å². The van der Waals surface area contributed by atoms with Crippen LogP contribution < -0.4 is 16.0 Å². The molecule has 6 nitrogen and oxygen atoms in total. The average Bonchev–Trinajstić information content (AvgIpc) is 3.15. The summed E-state index contributed by atoms with van der Waals surface area (Å²) in [6, 6.07) is 16.3. The van der Waals surface area contributed by atoms with E-state index in [0.717, 1.165) is 24.1 Å². The van der Waals surface area contributed by atoms with E-state index in [4.69, 9.17) is 4.74 Å². The van der Waals surface area contributed by atoms with Crippen molar-refractivity contribution in [2.75, 3.05) is 17.2 Å². The van der Waals surface area contributed by atoms with E-state index < -0.39 is 0 Å². The fourth-order valence-corrected chi connectivity index (χ4v) is 2.66. The molecular weight excluding hydrogens is 318 g/mol. The van der Waals surface area contributed by atoms with Crippen molar-refractivity contribution < 1.29 is 14.3 Å². The van der Waals surface area contributed by atoms with Crippen molar-refractivity contribution >= 4 is 23.3 Å². The number of para-hydroxylation sites is 1. The summed E-state index contributed by atoms with van der Waals surface area (Å²) >= 11 is 0. The van der Waals surface area contributed by atoms with Crippen molar-refractivity contribution in [3.8, 4) is 0 Å². The Balaban J connectivity index is 1.52. The Kier molecular flexibility index (Phi) is 5.64. The lowest BCUT2D eigenvalue weighted by Crippen LogP contribution is -2.33. The fraction of sp³-hybridized carbons (Fsp3) is 0.263. The summed E-state index contributed by atoms with van der Waals surface area (Å²) in [5, 5.41) is 8.42. The van der Waals surface area contributed by atoms with E-state index in [1.165, 1.54) is 0 Å². The second-order valence-electron chi connectivity index (χ2n) is 5.86. The highest BCUT2D eigenvalue weighted by Crippen LogP contribution is 2.14. The van der Waals surface area contributed by atoms with Gasteiger partial charge < -0.3 is 20.7 Å². The van der Waals surface area contributed by atoms with Gasteiger partial charge in [-0.1, -0.05) is 30.3 Å². The lowest BCUT2D eigenvalue weighted by atomic mass is 10.2. The smallest absolute Gasteiger partial charge is 0.323 e. The molecule has 3 amide bonds. The Morgan fingerprint density at radius 1 is 1.00 bits per heavy atom. The Labute approximate surface area is 146 Å². The molecule has 0 spiro atoms. The molecule has 0 unspecified atom stereocenters. The molecule has 6 heteroatoms. The number of benzene rings is 2. The fourth-order valence-electron chi connectivity index (χ4n) is 2.66. The predicted molar refractivity (Wildman–Crippen MR) is 96.3 cm³/mol. The van der Waals surface area contributed by atoms with E-state index in [-0.39, 0.29) is 18.0 Å². The number of ether oxygens (including phenoxy) is 1. The maximum absolute atomic E-state index is 12.0. The van der Waals surface area contributed by atoms with Gasteiger partial charge in [-0.2, -0.15) is 0 Å². The third-order valence-corrected chi connectivity index (χ3v) is 3.91. The van der Waals surface area contributed by atoms with Crippen molar-refractivity contribution in [2.45, 2.75) is 25.5 Å². The Morgan fingerprint density at radius 2 is 1.76 bits per heavy atom. The number of amides is 3. The van der Waals surface area contributed by atoms with Gasteiger partial charge >= 0.3 is 6.03 Å². The summed E-state index contributed by atoms with van der Waals surface area (Å²) in [5.74, 6) is -0.0855. The van der Waals surface area contributed by atoms with E-state index in [2.05, 4.69) is 16.0 Å². The maximum Gasteiger partial charge on any atom is 0.323 e. The van der Waals surface area contributed by atoms with E-state index >= 15 is 0 Å². The third kappa shape index (κ3) is 5.06. The Morgan fingerprint density at radius 3 is 2.52 bits per heavy atom. The van der Waals surface area contributed by atoms with Gasteiger partial charge in [-0.3, -0.25) is 4.79 Å². The van der Waals surface area contributed by atoms with Crippen LogP contribution in [0.2, 0.25) is 0 Å². The van der Waals surface area contributed by atoms with Gasteiger partial charge in [0, 0.05) is 24.5 Å². The van der Waals surface area contributed by atoms with Crippen molar-refractivity contribution in [1.29, 1.82) is 0 Å². The number of hydrogen-bond donors (Lipinski definition) is 3. The van der Waals surface area contributed by atoms with Gasteiger partial charge in [0.05, 0.1) is 0 Å². The summed E-state index contributed by atoms with van der Waals surface area (Å²) in [7, 11) is 0. The van der Waals surface area contributed by atoms with Crippen LogP contribution in [0.1, 0.15) is 18.4 Å². The van der Waals surface area contributed by atoms with Gasteiger partial charge in [-0.05, 0) is 42.7 Å². The Hall–Kier alpha value is -2.86. The van der Waals surface area contributed by atoms with Crippen molar-refractivity contribution in [2.24, 2.45) is 0 Å². The highest BCUT2D eigenvalue weighted by atomic mass is 16.5. The zero-order chi connectivity index (χ0) is 17.5. The van der Waals surface area contributed by atoms with Crippen molar-refractivity contribution in [3.63, 3.8) is 0 Å². The van der Waals surface area contributed by atoms with Crippen LogP contribution in [0.15, 0.2) is 54.6 Å². The topological polar surface area (TPSA) is 79.5 Å². The highest BCUT2D eigenvalue weighted by Gasteiger charge is 2.22. The van der Waals surface area contributed by atoms with Crippen molar-refractivity contribution in [1.82, 2.24) is 5.32 Å². The molecule has 0 bridgehead atoms. The second-order valence-corrected chi connectivity index (χ2v) is 5.86. The zero-order valence-corrected chi connectivity index (χ0v) is 13.8. The zero-order valence-electron chi connectivity index (χ0n) is 13.8. The highest BCUT2D eigenvalue weighted by molar-refractivity contribution is 5.99. The third-order valence-electron chi connectivity index (χ3n) is 3.91. The average molecular weight is 339 g/mol. The quantitative estimate of drug-likeness (QED) is 0.783. The van der Waals surface area contributed by atoms with E-state index in [9.17, 15) is 9.59 Å². The van der Waals surface area contributed by atoms with Crippen LogP contribution in [0, 0.1) is 0 Å². The molecule has 1 aliphatic heterocycles. The molecule has 3 rings (SSSR count). The van der Waals surface area contributed by atoms with E-state index in [0.29, 0.717) is 18.8 Å². The lowest BCUT2D eigenvalue weighted by Gasteiger charge is -2.12. The molecule has 0 radical (unpaired) electrons. The lowest BCUT2D eigenvalue weighted by molar-refractivity contribution is -0.130. The molecule has 0 aliphatic carbocycles. The van der Waals surface area contributed by atoms with Crippen LogP contribution >= 0.6 is 0 Å². The molecule has 2 aromatic rings. The number of hydrogen-bond acceptors (Lipinski definition) is 3. The minimum Gasteiger partial charge on any atom is -0.368 e. The van der Waals surface area contributed by atoms with Gasteiger partial charge in [-0.25, -0.2) is 4.79 Å². The SMILES string of the molecule is O=C(Nc1ccccc1)Nc1cccc(CNC(=O)[C@@H]2CCCO2)c1. The number of carbonyl (C=O) groups excluding carboxylic acids is 2. The first-order valence-electron chi connectivity index (χ1n) is 8.32. The number of rotatable bonds is 5. The van der Waals surface area contributed by atoms with E-state index in [1.54, 1.807) is 6.07 Å². The van der Waals surface area contributed by atoms with Crippen LogP contribution in [0.3, 0.4) is 0 Å². The van der Waals surface area contributed by atoms with Gasteiger partial charge in [-0.15, -0.1) is 0 Å². The minimum atomic E-state index is -0.335. The molecular formula is C19H21N3O3. The summed E-state index contributed by atoms with van der Waals surface area (Å²) in [4.78, 5) is 24.0. The van der Waals surface area contributed by atoms with Crippen LogP contribution in [0.4, 0.5) is 16.2 Å². The molecule has 1 saturated heterocycles. The minimum absolute atomic E-state index is 0.0855. The number of carbonyl (C=O) groups is 2. The summed E-state index contributed by atoms with van der Waals surface area (Å²) in [6.45, 7) is 1.04. The van der Waals surface area contributed by atoms with Gasteiger partial charge in [0.25, 0.3) is 0 Å². The summed E-state index contributed by atoms with van der Waals surface area (Å²) in [5.41, 5.74) is 2.29. The molecule has 25 heavy (non-hydrogen) atoms. The monoisotopic (exact) mass is 339 g/mol. The van der Waals surface area contributed by atoms with Crippen LogP contribution in [0.5, 0.6) is 0 Å². The maximum atomic E-state index is 12.0. The first kappa shape index (κ1) is 17.0. The molecule has 3 N–H and O–H groups in total. The molecule has 1 fully saturated rings. The molecule has 1 atom stereocenters. The molecule has 0 saturated carbocycles. The van der Waals surface area contributed by atoms with Crippen LogP contribution in [-0.4, -0.2) is 24.6 Å². The largest absolute Gasteiger partial charge is 0.368 e.